The molecule has 0 aromatic heterocycles. The van der Waals surface area contributed by atoms with E-state index in [1.807, 2.05) is 30.3 Å². The van der Waals surface area contributed by atoms with Gasteiger partial charge in [-0.2, -0.15) is 0 Å². The summed E-state index contributed by atoms with van der Waals surface area (Å²) in [6.45, 7) is 2.16. The number of hydrogen-bond donors (Lipinski definition) is 0. The van der Waals surface area contributed by atoms with E-state index in [4.69, 9.17) is 4.74 Å². The molecule has 0 atom stereocenters. The summed E-state index contributed by atoms with van der Waals surface area (Å²) in [7, 11) is 0. The molecule has 0 radical (unpaired) electrons. The molecule has 0 heterocycles. The van der Waals surface area contributed by atoms with Crippen LogP contribution < -0.4 is 4.74 Å². The SMILES string of the molecule is Cc1cc(Br)c(OCc2ccccc2)cc1F. The number of benzene rings is 2. The molecule has 0 N–H and O–H groups in total. The number of halogens is 2. The summed E-state index contributed by atoms with van der Waals surface area (Å²) in [6, 6.07) is 12.9. The molecule has 88 valence electrons. The van der Waals surface area contributed by atoms with Gasteiger partial charge >= 0.3 is 0 Å². The Morgan fingerprint density at radius 2 is 1.88 bits per heavy atom. The van der Waals surface area contributed by atoms with Crippen LogP contribution in [0.2, 0.25) is 0 Å². The van der Waals surface area contributed by atoms with Gasteiger partial charge in [0.25, 0.3) is 0 Å². The van der Waals surface area contributed by atoms with Crippen LogP contribution in [0, 0.1) is 12.7 Å². The van der Waals surface area contributed by atoms with Crippen LogP contribution in [0.15, 0.2) is 46.9 Å². The molecule has 2 aromatic carbocycles. The van der Waals surface area contributed by atoms with E-state index in [2.05, 4.69) is 15.9 Å². The predicted octanol–water partition coefficient (Wildman–Crippen LogP) is 4.48. The summed E-state index contributed by atoms with van der Waals surface area (Å²) in [5.41, 5.74) is 1.66. The Hall–Kier alpha value is -1.35. The van der Waals surface area contributed by atoms with Crippen molar-refractivity contribution in [3.63, 3.8) is 0 Å². The highest BCUT2D eigenvalue weighted by molar-refractivity contribution is 9.10. The minimum atomic E-state index is -0.253. The molecule has 3 heteroatoms. The van der Waals surface area contributed by atoms with E-state index in [1.165, 1.54) is 6.07 Å². The van der Waals surface area contributed by atoms with Crippen molar-refractivity contribution in [1.82, 2.24) is 0 Å². The highest BCUT2D eigenvalue weighted by atomic mass is 79.9. The molecule has 2 aromatic rings. The van der Waals surface area contributed by atoms with E-state index in [0.29, 0.717) is 17.9 Å². The smallest absolute Gasteiger partial charge is 0.136 e. The first-order valence-corrected chi connectivity index (χ1v) is 6.08. The maximum absolute atomic E-state index is 13.4. The molecular weight excluding hydrogens is 283 g/mol. The summed E-state index contributed by atoms with van der Waals surface area (Å²) >= 11 is 3.36. The van der Waals surface area contributed by atoms with Crippen molar-refractivity contribution < 1.29 is 9.13 Å². The van der Waals surface area contributed by atoms with Crippen molar-refractivity contribution in [2.75, 3.05) is 0 Å². The second-order valence-electron chi connectivity index (χ2n) is 3.81. The average Bonchev–Trinajstić information content (AvgIpc) is 2.33. The molecule has 0 spiro atoms. The predicted molar refractivity (Wildman–Crippen MR) is 69.6 cm³/mol. The monoisotopic (exact) mass is 294 g/mol. The highest BCUT2D eigenvalue weighted by Gasteiger charge is 2.06. The normalized spacial score (nSPS) is 10.3. The molecule has 17 heavy (non-hydrogen) atoms. The van der Waals surface area contributed by atoms with Gasteiger partial charge < -0.3 is 4.74 Å². The Morgan fingerprint density at radius 3 is 2.59 bits per heavy atom. The van der Waals surface area contributed by atoms with Crippen LogP contribution in [-0.2, 0) is 6.61 Å². The van der Waals surface area contributed by atoms with Gasteiger partial charge in [-0.05, 0) is 40.0 Å². The van der Waals surface area contributed by atoms with Crippen molar-refractivity contribution in [2.45, 2.75) is 13.5 Å². The number of aryl methyl sites for hydroxylation is 1. The maximum Gasteiger partial charge on any atom is 0.136 e. The zero-order chi connectivity index (χ0) is 12.3. The summed E-state index contributed by atoms with van der Waals surface area (Å²) in [4.78, 5) is 0. The molecule has 0 aliphatic carbocycles. The third-order valence-corrected chi connectivity index (χ3v) is 3.07. The van der Waals surface area contributed by atoms with E-state index in [0.717, 1.165) is 10.0 Å². The highest BCUT2D eigenvalue weighted by Crippen LogP contribution is 2.28. The molecule has 1 nitrogen and oxygen atoms in total. The molecular formula is C14H12BrFO. The molecule has 0 unspecified atom stereocenters. The Bertz CT molecular complexity index is 511. The Balaban J connectivity index is 2.12. The lowest BCUT2D eigenvalue weighted by molar-refractivity contribution is 0.302. The topological polar surface area (TPSA) is 9.23 Å². The lowest BCUT2D eigenvalue weighted by Gasteiger charge is -2.09. The van der Waals surface area contributed by atoms with Crippen LogP contribution in [0.1, 0.15) is 11.1 Å². The van der Waals surface area contributed by atoms with E-state index in [9.17, 15) is 4.39 Å². The first-order chi connectivity index (χ1) is 8.16. The van der Waals surface area contributed by atoms with E-state index >= 15 is 0 Å². The van der Waals surface area contributed by atoms with Crippen molar-refractivity contribution in [2.24, 2.45) is 0 Å². The molecule has 0 saturated heterocycles. The van der Waals surface area contributed by atoms with Crippen molar-refractivity contribution in [3.8, 4) is 5.75 Å². The van der Waals surface area contributed by atoms with Crippen molar-refractivity contribution >= 4 is 15.9 Å². The summed E-state index contributed by atoms with van der Waals surface area (Å²) in [5.74, 6) is 0.271. The van der Waals surface area contributed by atoms with Gasteiger partial charge in [-0.3, -0.25) is 0 Å². The minimum absolute atomic E-state index is 0.253. The van der Waals surface area contributed by atoms with Gasteiger partial charge in [0.1, 0.15) is 18.2 Å². The number of rotatable bonds is 3. The zero-order valence-electron chi connectivity index (χ0n) is 9.41. The van der Waals surface area contributed by atoms with E-state index in [1.54, 1.807) is 13.0 Å². The lowest BCUT2D eigenvalue weighted by atomic mass is 10.2. The molecule has 0 fully saturated rings. The van der Waals surface area contributed by atoms with E-state index < -0.39 is 0 Å². The Kier molecular flexibility index (Phi) is 3.79. The number of ether oxygens (including phenoxy) is 1. The average molecular weight is 295 g/mol. The fourth-order valence-electron chi connectivity index (χ4n) is 1.47. The van der Waals surface area contributed by atoms with Gasteiger partial charge in [0.05, 0.1) is 4.47 Å². The fourth-order valence-corrected chi connectivity index (χ4v) is 2.05. The van der Waals surface area contributed by atoms with Gasteiger partial charge in [-0.25, -0.2) is 4.39 Å². The molecule has 0 aliphatic heterocycles. The first-order valence-electron chi connectivity index (χ1n) is 5.29. The van der Waals surface area contributed by atoms with Crippen molar-refractivity contribution in [1.29, 1.82) is 0 Å². The molecule has 2 rings (SSSR count). The molecule has 0 bridgehead atoms. The quantitative estimate of drug-likeness (QED) is 0.811. The summed E-state index contributed by atoms with van der Waals surface area (Å²) in [6.07, 6.45) is 0. The first kappa shape index (κ1) is 12.1. The lowest BCUT2D eigenvalue weighted by Crippen LogP contribution is -1.97. The standard InChI is InChI=1S/C14H12BrFO/c1-10-7-12(15)14(8-13(10)16)17-9-11-5-3-2-4-6-11/h2-8H,9H2,1H3. The third-order valence-electron chi connectivity index (χ3n) is 2.45. The molecule has 0 saturated carbocycles. The third kappa shape index (κ3) is 3.07. The van der Waals surface area contributed by atoms with Crippen LogP contribution in [0.3, 0.4) is 0 Å². The fraction of sp³-hybridized carbons (Fsp3) is 0.143. The second kappa shape index (κ2) is 5.32. The zero-order valence-corrected chi connectivity index (χ0v) is 11.0. The Labute approximate surface area is 108 Å². The van der Waals surface area contributed by atoms with Gasteiger partial charge in [0.2, 0.25) is 0 Å². The van der Waals surface area contributed by atoms with Gasteiger partial charge in [0.15, 0.2) is 0 Å². The summed E-state index contributed by atoms with van der Waals surface area (Å²) in [5, 5.41) is 0. The van der Waals surface area contributed by atoms with Crippen LogP contribution >= 0.6 is 15.9 Å². The van der Waals surface area contributed by atoms with Gasteiger partial charge in [0, 0.05) is 6.07 Å². The maximum atomic E-state index is 13.4. The second-order valence-corrected chi connectivity index (χ2v) is 4.66. The van der Waals surface area contributed by atoms with Crippen LogP contribution in [-0.4, -0.2) is 0 Å². The van der Waals surface area contributed by atoms with Gasteiger partial charge in [-0.1, -0.05) is 30.3 Å². The van der Waals surface area contributed by atoms with Crippen LogP contribution in [0.25, 0.3) is 0 Å². The summed E-state index contributed by atoms with van der Waals surface area (Å²) < 4.78 is 19.7. The molecule has 0 aliphatic rings. The van der Waals surface area contributed by atoms with Crippen LogP contribution in [0.4, 0.5) is 4.39 Å². The molecule has 0 amide bonds. The minimum Gasteiger partial charge on any atom is -0.488 e. The van der Waals surface area contributed by atoms with Crippen molar-refractivity contribution in [3.05, 3.63) is 63.9 Å². The van der Waals surface area contributed by atoms with E-state index in [-0.39, 0.29) is 5.82 Å². The van der Waals surface area contributed by atoms with Gasteiger partial charge in [-0.15, -0.1) is 0 Å². The largest absolute Gasteiger partial charge is 0.488 e. The Morgan fingerprint density at radius 1 is 1.18 bits per heavy atom. The van der Waals surface area contributed by atoms with Crippen LogP contribution in [0.5, 0.6) is 5.75 Å². The number of hydrogen-bond acceptors (Lipinski definition) is 1.